The molecule has 0 aliphatic heterocycles. The molecule has 0 spiro atoms. The van der Waals surface area contributed by atoms with E-state index in [4.69, 9.17) is 5.11 Å². The van der Waals surface area contributed by atoms with E-state index in [1.165, 1.54) is 17.0 Å². The molecule has 1 unspecified atom stereocenters. The van der Waals surface area contributed by atoms with Crippen molar-refractivity contribution < 1.29 is 9.90 Å². The van der Waals surface area contributed by atoms with E-state index >= 15 is 0 Å². The Hall–Kier alpha value is -1.52. The summed E-state index contributed by atoms with van der Waals surface area (Å²) in [6.07, 6.45) is 3.36. The molecule has 0 radical (unpaired) electrons. The highest BCUT2D eigenvalue weighted by Crippen LogP contribution is 2.15. The van der Waals surface area contributed by atoms with E-state index in [0.29, 0.717) is 6.42 Å². The van der Waals surface area contributed by atoms with Crippen molar-refractivity contribution >= 4 is 5.97 Å². The molecule has 14 heavy (non-hydrogen) atoms. The Bertz CT molecular complexity index is 364. The number of imidazole rings is 1. The lowest BCUT2D eigenvalue weighted by atomic mass is 10.0. The minimum atomic E-state index is -0.972. The molecule has 1 heterocycles. The lowest BCUT2D eigenvalue weighted by Gasteiger charge is -2.14. The Morgan fingerprint density at radius 1 is 1.64 bits per heavy atom. The second kappa shape index (κ2) is 4.13. The standard InChI is InChI=1S/C9H14N2O3/c1-6(2)5-7(8(12)13)11-4-3-10-9(11)14/h3-4,6-7H,5H2,1-2H3,(H,10,14)(H,12,13). The van der Waals surface area contributed by atoms with Gasteiger partial charge in [-0.15, -0.1) is 0 Å². The van der Waals surface area contributed by atoms with Gasteiger partial charge in [-0.1, -0.05) is 13.8 Å². The van der Waals surface area contributed by atoms with Crippen LogP contribution in [0.1, 0.15) is 26.3 Å². The van der Waals surface area contributed by atoms with Gasteiger partial charge in [-0.25, -0.2) is 9.59 Å². The molecule has 1 aromatic heterocycles. The molecule has 0 bridgehead atoms. The number of nitrogens with one attached hydrogen (secondary N) is 1. The molecule has 1 aromatic rings. The third kappa shape index (κ3) is 2.25. The van der Waals surface area contributed by atoms with Crippen molar-refractivity contribution in [1.29, 1.82) is 0 Å². The number of hydrogen-bond acceptors (Lipinski definition) is 2. The SMILES string of the molecule is CC(C)CC(C(=O)O)n1cc[nH]c1=O. The molecule has 0 saturated heterocycles. The Morgan fingerprint density at radius 2 is 2.29 bits per heavy atom. The Morgan fingerprint density at radius 3 is 2.64 bits per heavy atom. The van der Waals surface area contributed by atoms with Crippen LogP contribution >= 0.6 is 0 Å². The van der Waals surface area contributed by atoms with Crippen LogP contribution in [0.15, 0.2) is 17.2 Å². The zero-order valence-electron chi connectivity index (χ0n) is 8.23. The molecule has 0 aliphatic rings. The summed E-state index contributed by atoms with van der Waals surface area (Å²) in [4.78, 5) is 24.5. The minimum Gasteiger partial charge on any atom is -0.480 e. The third-order valence-corrected chi connectivity index (χ3v) is 1.99. The summed E-state index contributed by atoms with van der Waals surface area (Å²) >= 11 is 0. The van der Waals surface area contributed by atoms with Gasteiger partial charge in [-0.2, -0.15) is 0 Å². The minimum absolute atomic E-state index is 0.234. The van der Waals surface area contributed by atoms with Gasteiger partial charge in [-0.05, 0) is 12.3 Å². The van der Waals surface area contributed by atoms with Crippen molar-refractivity contribution in [2.24, 2.45) is 5.92 Å². The molecule has 0 fully saturated rings. The number of carboxylic acid groups (broad SMARTS) is 1. The highest BCUT2D eigenvalue weighted by atomic mass is 16.4. The second-order valence-corrected chi connectivity index (χ2v) is 3.66. The van der Waals surface area contributed by atoms with Gasteiger partial charge < -0.3 is 10.1 Å². The summed E-state index contributed by atoms with van der Waals surface area (Å²) in [6, 6.07) is -0.770. The first-order valence-electron chi connectivity index (χ1n) is 4.50. The molecule has 0 aromatic carbocycles. The molecule has 78 valence electrons. The fraction of sp³-hybridized carbons (Fsp3) is 0.556. The van der Waals surface area contributed by atoms with E-state index in [-0.39, 0.29) is 11.6 Å². The number of aliphatic carboxylic acids is 1. The van der Waals surface area contributed by atoms with Crippen molar-refractivity contribution in [3.05, 3.63) is 22.9 Å². The van der Waals surface area contributed by atoms with Gasteiger partial charge >= 0.3 is 11.7 Å². The quantitative estimate of drug-likeness (QED) is 0.753. The summed E-state index contributed by atoms with van der Waals surface area (Å²) in [7, 11) is 0. The van der Waals surface area contributed by atoms with Crippen LogP contribution in [0.2, 0.25) is 0 Å². The number of hydrogen-bond donors (Lipinski definition) is 2. The topological polar surface area (TPSA) is 75.1 Å². The van der Waals surface area contributed by atoms with E-state index in [2.05, 4.69) is 4.98 Å². The molecule has 1 atom stereocenters. The monoisotopic (exact) mass is 198 g/mol. The van der Waals surface area contributed by atoms with Gasteiger partial charge in [0.15, 0.2) is 0 Å². The zero-order chi connectivity index (χ0) is 10.7. The number of nitrogens with zero attached hydrogens (tertiary/aromatic N) is 1. The summed E-state index contributed by atoms with van der Waals surface area (Å²) in [5, 5.41) is 8.94. The van der Waals surface area contributed by atoms with E-state index in [0.717, 1.165) is 0 Å². The van der Waals surface area contributed by atoms with Crippen LogP contribution in [0.3, 0.4) is 0 Å². The largest absolute Gasteiger partial charge is 0.480 e. The van der Waals surface area contributed by atoms with Crippen LogP contribution < -0.4 is 5.69 Å². The van der Waals surface area contributed by atoms with Crippen LogP contribution in [-0.4, -0.2) is 20.6 Å². The smallest absolute Gasteiger partial charge is 0.326 e. The first-order valence-corrected chi connectivity index (χ1v) is 4.50. The van der Waals surface area contributed by atoms with E-state index < -0.39 is 12.0 Å². The summed E-state index contributed by atoms with van der Waals surface area (Å²) in [5.74, 6) is -0.738. The highest BCUT2D eigenvalue weighted by Gasteiger charge is 2.21. The molecule has 1 rings (SSSR count). The first-order chi connectivity index (χ1) is 6.52. The van der Waals surface area contributed by atoms with Gasteiger partial charge in [-0.3, -0.25) is 4.57 Å². The molecular formula is C9H14N2O3. The van der Waals surface area contributed by atoms with Crippen molar-refractivity contribution in [2.45, 2.75) is 26.3 Å². The van der Waals surface area contributed by atoms with Gasteiger partial charge in [0.2, 0.25) is 0 Å². The second-order valence-electron chi connectivity index (χ2n) is 3.66. The first kappa shape index (κ1) is 10.6. The van der Waals surface area contributed by atoms with Crippen LogP contribution in [-0.2, 0) is 4.79 Å². The molecule has 0 saturated carbocycles. The number of H-pyrrole nitrogens is 1. The lowest BCUT2D eigenvalue weighted by molar-refractivity contribution is -0.141. The van der Waals surface area contributed by atoms with Crippen molar-refractivity contribution in [3.8, 4) is 0 Å². The predicted octanol–water partition coefficient (Wildman–Crippen LogP) is 0.848. The van der Waals surface area contributed by atoms with Gasteiger partial charge in [0.05, 0.1) is 0 Å². The average molecular weight is 198 g/mol. The lowest BCUT2D eigenvalue weighted by Crippen LogP contribution is -2.28. The van der Waals surface area contributed by atoms with Gasteiger partial charge in [0.25, 0.3) is 0 Å². The van der Waals surface area contributed by atoms with Crippen LogP contribution in [0, 0.1) is 5.92 Å². The summed E-state index contributed by atoms with van der Waals surface area (Å²) in [5.41, 5.74) is -0.377. The van der Waals surface area contributed by atoms with Crippen molar-refractivity contribution in [2.75, 3.05) is 0 Å². The maximum absolute atomic E-state index is 11.2. The summed E-state index contributed by atoms with van der Waals surface area (Å²) < 4.78 is 1.21. The Kier molecular flexibility index (Phi) is 3.11. The maximum Gasteiger partial charge on any atom is 0.326 e. The van der Waals surface area contributed by atoms with E-state index in [1.54, 1.807) is 0 Å². The van der Waals surface area contributed by atoms with E-state index in [1.807, 2.05) is 13.8 Å². The third-order valence-electron chi connectivity index (χ3n) is 1.99. The highest BCUT2D eigenvalue weighted by molar-refractivity contribution is 5.71. The van der Waals surface area contributed by atoms with Crippen LogP contribution in [0.5, 0.6) is 0 Å². The molecule has 5 nitrogen and oxygen atoms in total. The fourth-order valence-corrected chi connectivity index (χ4v) is 1.36. The van der Waals surface area contributed by atoms with Gasteiger partial charge in [0, 0.05) is 12.4 Å². The molecule has 0 amide bonds. The van der Waals surface area contributed by atoms with E-state index in [9.17, 15) is 9.59 Å². The number of carboxylic acids is 1. The number of aromatic nitrogens is 2. The van der Waals surface area contributed by atoms with Crippen LogP contribution in [0.25, 0.3) is 0 Å². The zero-order valence-corrected chi connectivity index (χ0v) is 8.23. The Balaban J connectivity index is 2.95. The molecular weight excluding hydrogens is 184 g/mol. The number of aromatic amines is 1. The molecule has 2 N–H and O–H groups in total. The predicted molar refractivity (Wildman–Crippen MR) is 51.2 cm³/mol. The van der Waals surface area contributed by atoms with Crippen molar-refractivity contribution in [3.63, 3.8) is 0 Å². The molecule has 0 aliphatic carbocycles. The fourth-order valence-electron chi connectivity index (χ4n) is 1.36. The Labute approximate surface area is 81.4 Å². The summed E-state index contributed by atoms with van der Waals surface area (Å²) in [6.45, 7) is 3.85. The number of rotatable bonds is 4. The molecule has 5 heteroatoms. The van der Waals surface area contributed by atoms with Crippen LogP contribution in [0.4, 0.5) is 0 Å². The van der Waals surface area contributed by atoms with Crippen molar-refractivity contribution in [1.82, 2.24) is 9.55 Å². The van der Waals surface area contributed by atoms with Gasteiger partial charge in [0.1, 0.15) is 6.04 Å². The average Bonchev–Trinajstić information content (AvgIpc) is 2.46. The number of carbonyl (C=O) groups is 1. The maximum atomic E-state index is 11.2. The normalized spacial score (nSPS) is 13.1.